The van der Waals surface area contributed by atoms with Gasteiger partial charge in [0, 0.05) is 44.8 Å². The fourth-order valence-electron chi connectivity index (χ4n) is 3.13. The van der Waals surface area contributed by atoms with E-state index in [1.807, 2.05) is 31.2 Å². The number of rotatable bonds is 6. The first kappa shape index (κ1) is 21.9. The zero-order valence-corrected chi connectivity index (χ0v) is 16.8. The van der Waals surface area contributed by atoms with Gasteiger partial charge in [0.15, 0.2) is 0 Å². The molecule has 150 valence electrons. The van der Waals surface area contributed by atoms with Gasteiger partial charge in [-0.15, -0.1) is 12.4 Å². The van der Waals surface area contributed by atoms with Crippen molar-refractivity contribution >= 4 is 29.9 Å². The monoisotopic (exact) mass is 402 g/mol. The zero-order valence-electron chi connectivity index (χ0n) is 16.0. The highest BCUT2D eigenvalue weighted by Gasteiger charge is 2.15. The molecule has 0 aromatic heterocycles. The number of nitrogens with one attached hydrogen (secondary N) is 3. The lowest BCUT2D eigenvalue weighted by molar-refractivity contribution is 0.0948. The molecule has 0 bridgehead atoms. The number of carbonyl (C=O) groups is 2. The molecule has 0 radical (unpaired) electrons. The van der Waals surface area contributed by atoms with E-state index in [0.29, 0.717) is 23.4 Å². The van der Waals surface area contributed by atoms with Crippen molar-refractivity contribution in [2.24, 2.45) is 0 Å². The number of piperazine rings is 1. The van der Waals surface area contributed by atoms with Crippen LogP contribution >= 0.6 is 12.4 Å². The first-order chi connectivity index (χ1) is 13.1. The predicted octanol–water partition coefficient (Wildman–Crippen LogP) is 2.30. The van der Waals surface area contributed by atoms with E-state index in [1.54, 1.807) is 24.3 Å². The quantitative estimate of drug-likeness (QED) is 0.693. The molecule has 2 aromatic rings. The molecule has 1 heterocycles. The van der Waals surface area contributed by atoms with Crippen LogP contribution in [0.1, 0.15) is 26.3 Å². The van der Waals surface area contributed by atoms with E-state index in [9.17, 15) is 9.59 Å². The van der Waals surface area contributed by atoms with Gasteiger partial charge in [-0.1, -0.05) is 29.8 Å². The Morgan fingerprint density at radius 3 is 2.54 bits per heavy atom. The van der Waals surface area contributed by atoms with Gasteiger partial charge in [-0.05, 0) is 31.2 Å². The molecule has 7 heteroatoms. The Kier molecular flexibility index (Phi) is 8.44. The molecule has 0 aliphatic carbocycles. The van der Waals surface area contributed by atoms with E-state index in [2.05, 4.69) is 20.9 Å². The van der Waals surface area contributed by atoms with Crippen molar-refractivity contribution < 1.29 is 9.59 Å². The van der Waals surface area contributed by atoms with Crippen molar-refractivity contribution in [1.29, 1.82) is 0 Å². The predicted molar refractivity (Wildman–Crippen MR) is 114 cm³/mol. The van der Waals surface area contributed by atoms with E-state index in [1.165, 1.54) is 0 Å². The summed E-state index contributed by atoms with van der Waals surface area (Å²) in [5, 5.41) is 9.13. The van der Waals surface area contributed by atoms with E-state index in [-0.39, 0.29) is 24.2 Å². The number of halogens is 1. The zero-order chi connectivity index (χ0) is 19.1. The number of para-hydroxylation sites is 1. The highest BCUT2D eigenvalue weighted by Crippen LogP contribution is 2.16. The topological polar surface area (TPSA) is 73.5 Å². The average molecular weight is 403 g/mol. The van der Waals surface area contributed by atoms with Crippen LogP contribution in [0.3, 0.4) is 0 Å². The van der Waals surface area contributed by atoms with E-state index < -0.39 is 0 Å². The molecule has 0 saturated carbocycles. The first-order valence-corrected chi connectivity index (χ1v) is 9.32. The molecule has 6 nitrogen and oxygen atoms in total. The number of carbonyl (C=O) groups excluding carboxylic acids is 2. The number of benzene rings is 2. The largest absolute Gasteiger partial charge is 0.351 e. The molecule has 2 aromatic carbocycles. The Hall–Kier alpha value is -2.41. The molecule has 1 fully saturated rings. The van der Waals surface area contributed by atoms with Crippen LogP contribution in [0.4, 0.5) is 5.69 Å². The number of nitrogens with zero attached hydrogens (tertiary/aromatic N) is 1. The van der Waals surface area contributed by atoms with Crippen molar-refractivity contribution in [3.63, 3.8) is 0 Å². The minimum Gasteiger partial charge on any atom is -0.351 e. The second-order valence-electron chi connectivity index (χ2n) is 6.72. The molecule has 3 N–H and O–H groups in total. The molecular formula is C21H27ClN4O2. The van der Waals surface area contributed by atoms with Crippen LogP contribution in [-0.2, 0) is 0 Å². The molecule has 28 heavy (non-hydrogen) atoms. The third-order valence-corrected chi connectivity index (χ3v) is 4.62. The smallest absolute Gasteiger partial charge is 0.255 e. The molecule has 0 spiro atoms. The van der Waals surface area contributed by atoms with Crippen LogP contribution in [-0.4, -0.2) is 56.0 Å². The number of hydrogen-bond donors (Lipinski definition) is 3. The van der Waals surface area contributed by atoms with Crippen LogP contribution in [0.5, 0.6) is 0 Å². The molecule has 0 atom stereocenters. The van der Waals surface area contributed by atoms with Gasteiger partial charge in [-0.3, -0.25) is 14.5 Å². The van der Waals surface area contributed by atoms with Gasteiger partial charge in [0.2, 0.25) is 0 Å². The van der Waals surface area contributed by atoms with Gasteiger partial charge in [0.05, 0.1) is 11.3 Å². The number of hydrogen-bond acceptors (Lipinski definition) is 4. The Bertz CT molecular complexity index is 806. The minimum atomic E-state index is -0.222. The number of aryl methyl sites for hydroxylation is 1. The van der Waals surface area contributed by atoms with Crippen molar-refractivity contribution in [1.82, 2.24) is 15.5 Å². The van der Waals surface area contributed by atoms with Gasteiger partial charge in [-0.2, -0.15) is 0 Å². The second-order valence-corrected chi connectivity index (χ2v) is 6.72. The van der Waals surface area contributed by atoms with E-state index in [4.69, 9.17) is 0 Å². The molecular weight excluding hydrogens is 376 g/mol. The molecule has 1 aliphatic rings. The van der Waals surface area contributed by atoms with Crippen LogP contribution < -0.4 is 16.0 Å². The number of amides is 2. The highest BCUT2D eigenvalue weighted by molar-refractivity contribution is 6.09. The first-order valence-electron chi connectivity index (χ1n) is 9.32. The van der Waals surface area contributed by atoms with Gasteiger partial charge in [0.25, 0.3) is 11.8 Å². The Labute approximate surface area is 172 Å². The molecule has 1 saturated heterocycles. The molecule has 2 amide bonds. The lowest BCUT2D eigenvalue weighted by atomic mass is 10.1. The summed E-state index contributed by atoms with van der Waals surface area (Å²) in [5.74, 6) is -0.398. The van der Waals surface area contributed by atoms with Crippen LogP contribution in [0, 0.1) is 6.92 Å². The average Bonchev–Trinajstić information content (AvgIpc) is 2.69. The molecule has 1 aliphatic heterocycles. The van der Waals surface area contributed by atoms with Crippen molar-refractivity contribution in [2.75, 3.05) is 44.6 Å². The summed E-state index contributed by atoms with van der Waals surface area (Å²) in [6, 6.07) is 14.5. The summed E-state index contributed by atoms with van der Waals surface area (Å²) in [6.45, 7) is 7.32. The minimum absolute atomic E-state index is 0. The maximum Gasteiger partial charge on any atom is 0.255 e. The highest BCUT2D eigenvalue weighted by atomic mass is 35.5. The van der Waals surface area contributed by atoms with Crippen molar-refractivity contribution in [3.8, 4) is 0 Å². The van der Waals surface area contributed by atoms with Crippen molar-refractivity contribution in [3.05, 3.63) is 65.2 Å². The second kappa shape index (κ2) is 10.8. The third kappa shape index (κ3) is 6.05. The maximum absolute atomic E-state index is 12.6. The normalized spacial score (nSPS) is 14.0. The summed E-state index contributed by atoms with van der Waals surface area (Å²) >= 11 is 0. The summed E-state index contributed by atoms with van der Waals surface area (Å²) in [7, 11) is 0. The third-order valence-electron chi connectivity index (χ3n) is 4.62. The summed E-state index contributed by atoms with van der Waals surface area (Å²) in [5.41, 5.74) is 2.58. The number of anilines is 1. The fraction of sp³-hybridized carbons (Fsp3) is 0.333. The van der Waals surface area contributed by atoms with E-state index >= 15 is 0 Å². The summed E-state index contributed by atoms with van der Waals surface area (Å²) in [4.78, 5) is 27.4. The molecule has 0 unspecified atom stereocenters. The molecule has 3 rings (SSSR count). The van der Waals surface area contributed by atoms with Gasteiger partial charge >= 0.3 is 0 Å². The summed E-state index contributed by atoms with van der Waals surface area (Å²) in [6.07, 6.45) is 0. The lowest BCUT2D eigenvalue weighted by Crippen LogP contribution is -2.46. The van der Waals surface area contributed by atoms with E-state index in [0.717, 1.165) is 38.3 Å². The van der Waals surface area contributed by atoms with Gasteiger partial charge in [-0.25, -0.2) is 0 Å². The summed E-state index contributed by atoms with van der Waals surface area (Å²) < 4.78 is 0. The Balaban J connectivity index is 0.00000280. The standard InChI is InChI=1S/C21H26N4O2.ClH/c1-16-5-4-6-17(15-16)20(26)24-19-8-3-2-7-18(19)21(27)23-11-14-25-12-9-22-10-13-25;/h2-8,15,22H,9-14H2,1H3,(H,23,27)(H,24,26);1H. The Morgan fingerprint density at radius 2 is 1.79 bits per heavy atom. The van der Waals surface area contributed by atoms with Crippen LogP contribution in [0.2, 0.25) is 0 Å². The lowest BCUT2D eigenvalue weighted by Gasteiger charge is -2.27. The van der Waals surface area contributed by atoms with Crippen LogP contribution in [0.15, 0.2) is 48.5 Å². The Morgan fingerprint density at radius 1 is 1.04 bits per heavy atom. The van der Waals surface area contributed by atoms with Crippen LogP contribution in [0.25, 0.3) is 0 Å². The fourth-order valence-corrected chi connectivity index (χ4v) is 3.13. The maximum atomic E-state index is 12.6. The van der Waals surface area contributed by atoms with Gasteiger partial charge in [0.1, 0.15) is 0 Å². The van der Waals surface area contributed by atoms with Gasteiger partial charge < -0.3 is 16.0 Å². The van der Waals surface area contributed by atoms with Crippen molar-refractivity contribution in [2.45, 2.75) is 6.92 Å². The SMILES string of the molecule is Cc1cccc(C(=O)Nc2ccccc2C(=O)NCCN2CCNCC2)c1.Cl.